The molecule has 0 unspecified atom stereocenters. The van der Waals surface area contributed by atoms with Crippen LogP contribution in [0.3, 0.4) is 0 Å². The first-order valence-corrected chi connectivity index (χ1v) is 14.3. The highest BCUT2D eigenvalue weighted by atomic mass is 32.2. The van der Waals surface area contributed by atoms with Gasteiger partial charge in [-0.15, -0.1) is 0 Å². The number of benzene rings is 1. The number of hydrogen-bond donors (Lipinski definition) is 2. The molecule has 2 fully saturated rings. The van der Waals surface area contributed by atoms with Crippen molar-refractivity contribution in [2.24, 2.45) is 5.92 Å². The fourth-order valence-electron chi connectivity index (χ4n) is 4.10. The lowest BCUT2D eigenvalue weighted by Crippen LogP contribution is -2.46. The van der Waals surface area contributed by atoms with Gasteiger partial charge < -0.3 is 5.32 Å². The predicted octanol–water partition coefficient (Wildman–Crippen LogP) is 3.08. The first-order valence-electron chi connectivity index (χ1n) is 11.3. The van der Waals surface area contributed by atoms with E-state index in [1.165, 1.54) is 10.4 Å². The zero-order valence-corrected chi connectivity index (χ0v) is 20.8. The molecule has 0 radical (unpaired) electrons. The quantitative estimate of drug-likeness (QED) is 0.643. The molecule has 1 aromatic carbocycles. The number of carbonyl (C=O) groups is 1. The molecular formula is C22H35N3O5S2. The Morgan fingerprint density at radius 3 is 2.19 bits per heavy atom. The number of carbonyl (C=O) groups excluding carboxylic acids is 1. The predicted molar refractivity (Wildman–Crippen MR) is 125 cm³/mol. The minimum atomic E-state index is -3.57. The number of nitrogens with one attached hydrogen (secondary N) is 2. The molecule has 1 saturated carbocycles. The number of rotatable bonds is 6. The van der Waals surface area contributed by atoms with Crippen LogP contribution in [-0.4, -0.2) is 50.9 Å². The van der Waals surface area contributed by atoms with Crippen LogP contribution >= 0.6 is 0 Å². The molecule has 0 atom stereocenters. The molecule has 1 heterocycles. The molecule has 0 aromatic heterocycles. The van der Waals surface area contributed by atoms with E-state index in [1.807, 2.05) is 0 Å². The number of anilines is 1. The Balaban J connectivity index is 1.58. The molecule has 32 heavy (non-hydrogen) atoms. The van der Waals surface area contributed by atoms with Gasteiger partial charge in [-0.25, -0.2) is 21.6 Å². The second-order valence-corrected chi connectivity index (χ2v) is 14.2. The summed E-state index contributed by atoms with van der Waals surface area (Å²) in [6.07, 6.45) is 5.12. The van der Waals surface area contributed by atoms with Gasteiger partial charge in [0.1, 0.15) is 0 Å². The van der Waals surface area contributed by atoms with Crippen molar-refractivity contribution < 1.29 is 21.6 Å². The van der Waals surface area contributed by atoms with Crippen LogP contribution in [0.5, 0.6) is 0 Å². The van der Waals surface area contributed by atoms with Crippen LogP contribution in [0.15, 0.2) is 29.2 Å². The minimum absolute atomic E-state index is 0.158. The average molecular weight is 486 g/mol. The molecule has 10 heteroatoms. The van der Waals surface area contributed by atoms with Crippen molar-refractivity contribution in [2.45, 2.75) is 81.4 Å². The summed E-state index contributed by atoms with van der Waals surface area (Å²) in [6.45, 7) is 6.04. The summed E-state index contributed by atoms with van der Waals surface area (Å²) in [5.41, 5.74) is 0.462. The molecule has 0 bridgehead atoms. The smallest absolute Gasteiger partial charge is 0.243 e. The summed E-state index contributed by atoms with van der Waals surface area (Å²) in [5, 5.41) is 2.85. The summed E-state index contributed by atoms with van der Waals surface area (Å²) in [4.78, 5) is 13.0. The molecule has 2 aliphatic rings. The number of amides is 1. The molecule has 0 spiro atoms. The van der Waals surface area contributed by atoms with Crippen molar-refractivity contribution >= 4 is 31.6 Å². The maximum atomic E-state index is 12.9. The maximum Gasteiger partial charge on any atom is 0.243 e. The molecule has 1 amide bonds. The van der Waals surface area contributed by atoms with Crippen LogP contribution in [-0.2, 0) is 24.8 Å². The van der Waals surface area contributed by atoms with E-state index >= 15 is 0 Å². The summed E-state index contributed by atoms with van der Waals surface area (Å²) in [5.74, 6) is -0.387. The lowest BCUT2D eigenvalue weighted by Gasteiger charge is -2.30. The lowest BCUT2D eigenvalue weighted by atomic mass is 9.86. The van der Waals surface area contributed by atoms with Gasteiger partial charge in [0.15, 0.2) is 0 Å². The zero-order valence-electron chi connectivity index (χ0n) is 19.1. The molecule has 8 nitrogen and oxygen atoms in total. The van der Waals surface area contributed by atoms with Crippen LogP contribution in [0.2, 0.25) is 0 Å². The van der Waals surface area contributed by atoms with Crippen LogP contribution < -0.4 is 10.0 Å². The Morgan fingerprint density at radius 1 is 0.969 bits per heavy atom. The first-order chi connectivity index (χ1) is 14.9. The number of nitrogens with zero attached hydrogens (tertiary/aromatic N) is 1. The minimum Gasteiger partial charge on any atom is -0.326 e. The van der Waals surface area contributed by atoms with E-state index in [0.29, 0.717) is 44.5 Å². The molecule has 1 aromatic rings. The van der Waals surface area contributed by atoms with Gasteiger partial charge in [0.05, 0.1) is 9.64 Å². The molecule has 2 N–H and O–H groups in total. The third kappa shape index (κ3) is 5.89. The van der Waals surface area contributed by atoms with E-state index in [9.17, 15) is 21.6 Å². The monoisotopic (exact) mass is 485 g/mol. The fraction of sp³-hybridized carbons (Fsp3) is 0.682. The first kappa shape index (κ1) is 25.1. The molecule has 1 saturated heterocycles. The SMILES string of the molecule is CC(C)(C)S(=O)(=O)N[C@H]1CC[C@H](C(=O)Nc2cccc(S(=O)(=O)N3CCCCC3)c2)CC1. The highest BCUT2D eigenvalue weighted by Crippen LogP contribution is 2.28. The van der Waals surface area contributed by atoms with Crippen molar-refractivity contribution in [3.05, 3.63) is 24.3 Å². The van der Waals surface area contributed by atoms with Gasteiger partial charge in [0, 0.05) is 30.7 Å². The Kier molecular flexibility index (Phi) is 7.69. The van der Waals surface area contributed by atoms with Crippen LogP contribution in [0.4, 0.5) is 5.69 Å². The average Bonchev–Trinajstić information content (AvgIpc) is 2.74. The second-order valence-electron chi connectivity index (χ2n) is 9.76. The third-order valence-electron chi connectivity index (χ3n) is 6.28. The largest absolute Gasteiger partial charge is 0.326 e. The van der Waals surface area contributed by atoms with Gasteiger partial charge >= 0.3 is 0 Å². The lowest BCUT2D eigenvalue weighted by molar-refractivity contribution is -0.120. The number of sulfonamides is 2. The van der Waals surface area contributed by atoms with E-state index in [4.69, 9.17) is 0 Å². The van der Waals surface area contributed by atoms with Gasteiger partial charge in [-0.3, -0.25) is 4.79 Å². The standard InChI is InChI=1S/C22H35N3O5S2/c1-22(2,3)32(29,30)24-18-12-10-17(11-13-18)21(26)23-19-8-7-9-20(16-19)31(27,28)25-14-5-4-6-15-25/h7-9,16-18,24H,4-6,10-15H2,1-3H3,(H,23,26)/t17-,18-. The maximum absolute atomic E-state index is 12.9. The Morgan fingerprint density at radius 2 is 1.59 bits per heavy atom. The van der Waals surface area contributed by atoms with E-state index < -0.39 is 24.8 Å². The van der Waals surface area contributed by atoms with Crippen molar-refractivity contribution in [1.29, 1.82) is 0 Å². The summed E-state index contributed by atoms with van der Waals surface area (Å²) in [6, 6.07) is 6.25. The summed E-state index contributed by atoms with van der Waals surface area (Å²) >= 11 is 0. The number of hydrogen-bond acceptors (Lipinski definition) is 5. The molecular weight excluding hydrogens is 450 g/mol. The topological polar surface area (TPSA) is 113 Å². The van der Waals surface area contributed by atoms with Crippen LogP contribution in [0, 0.1) is 5.92 Å². The van der Waals surface area contributed by atoms with Gasteiger partial charge in [0.25, 0.3) is 0 Å². The van der Waals surface area contributed by atoms with Crippen molar-refractivity contribution in [1.82, 2.24) is 9.03 Å². The van der Waals surface area contributed by atoms with E-state index in [0.717, 1.165) is 19.3 Å². The highest BCUT2D eigenvalue weighted by molar-refractivity contribution is 7.90. The highest BCUT2D eigenvalue weighted by Gasteiger charge is 2.34. The van der Waals surface area contributed by atoms with Gasteiger partial charge in [-0.2, -0.15) is 4.31 Å². The van der Waals surface area contributed by atoms with Crippen LogP contribution in [0.25, 0.3) is 0 Å². The van der Waals surface area contributed by atoms with Gasteiger partial charge in [0.2, 0.25) is 26.0 Å². The van der Waals surface area contributed by atoms with E-state index in [2.05, 4.69) is 10.0 Å². The number of piperidine rings is 1. The van der Waals surface area contributed by atoms with E-state index in [-0.39, 0.29) is 22.8 Å². The second kappa shape index (κ2) is 9.79. The summed E-state index contributed by atoms with van der Waals surface area (Å²) < 4.78 is 53.9. The van der Waals surface area contributed by atoms with Crippen molar-refractivity contribution in [3.8, 4) is 0 Å². The molecule has 180 valence electrons. The van der Waals surface area contributed by atoms with Crippen molar-refractivity contribution in [2.75, 3.05) is 18.4 Å². The van der Waals surface area contributed by atoms with Crippen molar-refractivity contribution in [3.63, 3.8) is 0 Å². The Hall–Kier alpha value is -1.49. The third-order valence-corrected chi connectivity index (χ3v) is 10.4. The molecule has 1 aliphatic carbocycles. The molecule has 3 rings (SSSR count). The van der Waals surface area contributed by atoms with E-state index in [1.54, 1.807) is 39.0 Å². The van der Waals surface area contributed by atoms with Gasteiger partial charge in [-0.1, -0.05) is 12.5 Å². The fourth-order valence-corrected chi connectivity index (χ4v) is 6.69. The Bertz CT molecular complexity index is 1020. The molecule has 1 aliphatic heterocycles. The summed E-state index contributed by atoms with van der Waals surface area (Å²) in [7, 11) is -6.99. The normalized spacial score (nSPS) is 23.6. The Labute approximate surface area is 192 Å². The zero-order chi connectivity index (χ0) is 23.6. The van der Waals surface area contributed by atoms with Crippen LogP contribution in [0.1, 0.15) is 65.7 Å². The van der Waals surface area contributed by atoms with Gasteiger partial charge in [-0.05, 0) is 77.5 Å².